The van der Waals surface area contributed by atoms with Gasteiger partial charge in [-0.05, 0) is 6.42 Å². The van der Waals surface area contributed by atoms with E-state index in [9.17, 15) is 4.79 Å². The molecule has 0 aliphatic rings. The van der Waals surface area contributed by atoms with E-state index in [0.717, 1.165) is 0 Å². The van der Waals surface area contributed by atoms with Crippen molar-refractivity contribution in [2.45, 2.75) is 19.4 Å². The molecule has 0 aromatic carbocycles. The lowest BCUT2D eigenvalue weighted by molar-refractivity contribution is -0.117. The number of aliphatic hydroxyl groups is 1. The van der Waals surface area contributed by atoms with Crippen LogP contribution in [0.1, 0.15) is 13.3 Å². The number of hydrogen-bond acceptors (Lipinski definition) is 5. The normalized spacial score (nSPS) is 12.7. The van der Waals surface area contributed by atoms with Gasteiger partial charge in [0, 0.05) is 25.9 Å². The van der Waals surface area contributed by atoms with Crippen LogP contribution in [0.5, 0.6) is 0 Å². The molecule has 0 saturated heterocycles. The van der Waals surface area contributed by atoms with Crippen LogP contribution in [0.3, 0.4) is 0 Å². The summed E-state index contributed by atoms with van der Waals surface area (Å²) in [5.41, 5.74) is -0.0204. The van der Waals surface area contributed by atoms with E-state index in [0.29, 0.717) is 19.6 Å². The molecular weight excluding hydrogens is 222 g/mol. The topological polar surface area (TPSA) is 94.4 Å². The van der Waals surface area contributed by atoms with E-state index in [1.807, 2.05) is 6.92 Å². The summed E-state index contributed by atoms with van der Waals surface area (Å²) >= 11 is 0. The van der Waals surface area contributed by atoms with Gasteiger partial charge >= 0.3 is 0 Å². The molecule has 0 heterocycles. The quantitative estimate of drug-likeness (QED) is 0.303. The maximum Gasteiger partial charge on any atom is 0.263 e. The second-order valence-electron chi connectivity index (χ2n) is 3.37. The molecule has 0 aromatic rings. The van der Waals surface area contributed by atoms with E-state index in [4.69, 9.17) is 15.1 Å². The van der Waals surface area contributed by atoms with E-state index >= 15 is 0 Å². The molecule has 0 aliphatic heterocycles. The van der Waals surface area contributed by atoms with Crippen molar-refractivity contribution in [2.75, 3.05) is 26.9 Å². The van der Waals surface area contributed by atoms with Crippen LogP contribution >= 0.6 is 0 Å². The highest BCUT2D eigenvalue weighted by molar-refractivity contribution is 5.97. The molecule has 0 rings (SSSR count). The van der Waals surface area contributed by atoms with Crippen LogP contribution in [0.2, 0.25) is 0 Å². The molecular formula is C11H19N3O3. The Bertz CT molecular complexity index is 293. The highest BCUT2D eigenvalue weighted by atomic mass is 16.5. The number of methoxy groups -OCH3 is 1. The number of nitrogens with one attached hydrogen (secondary N) is 2. The molecule has 0 bridgehead atoms. The van der Waals surface area contributed by atoms with Crippen LogP contribution in [-0.2, 0) is 9.53 Å². The molecule has 0 fully saturated rings. The highest BCUT2D eigenvalue weighted by Crippen LogP contribution is 1.94. The van der Waals surface area contributed by atoms with Crippen LogP contribution < -0.4 is 10.6 Å². The fraction of sp³-hybridized carbons (Fsp3) is 0.636. The van der Waals surface area contributed by atoms with E-state index in [-0.39, 0.29) is 18.2 Å². The molecule has 0 radical (unpaired) electrons. The second kappa shape index (κ2) is 9.63. The molecule has 0 spiro atoms. The van der Waals surface area contributed by atoms with Gasteiger partial charge in [0.15, 0.2) is 0 Å². The first-order valence-corrected chi connectivity index (χ1v) is 5.43. The Kier molecular flexibility index (Phi) is 8.74. The van der Waals surface area contributed by atoms with Gasteiger partial charge in [0.05, 0.1) is 13.2 Å². The van der Waals surface area contributed by atoms with Crippen LogP contribution in [0, 0.1) is 11.3 Å². The zero-order valence-corrected chi connectivity index (χ0v) is 10.2. The predicted octanol–water partition coefficient (Wildman–Crippen LogP) is -0.483. The first kappa shape index (κ1) is 15.4. The van der Waals surface area contributed by atoms with Crippen LogP contribution in [0.15, 0.2) is 11.8 Å². The van der Waals surface area contributed by atoms with Gasteiger partial charge in [-0.2, -0.15) is 5.26 Å². The molecule has 1 atom stereocenters. The maximum absolute atomic E-state index is 11.5. The fourth-order valence-corrected chi connectivity index (χ4v) is 1.01. The molecule has 0 aromatic heterocycles. The van der Waals surface area contributed by atoms with E-state index in [1.165, 1.54) is 13.3 Å². The summed E-state index contributed by atoms with van der Waals surface area (Å²) in [7, 11) is 1.53. The molecule has 1 unspecified atom stereocenters. The van der Waals surface area contributed by atoms with Gasteiger partial charge in [0.1, 0.15) is 11.6 Å². The van der Waals surface area contributed by atoms with Gasteiger partial charge in [0.2, 0.25) is 0 Å². The van der Waals surface area contributed by atoms with Gasteiger partial charge in [0.25, 0.3) is 5.91 Å². The average Bonchev–Trinajstić information content (AvgIpc) is 2.35. The molecule has 3 N–H and O–H groups in total. The van der Waals surface area contributed by atoms with Gasteiger partial charge in [-0.25, -0.2) is 0 Å². The molecule has 1 amide bonds. The smallest absolute Gasteiger partial charge is 0.263 e. The molecule has 17 heavy (non-hydrogen) atoms. The van der Waals surface area contributed by atoms with Crippen LogP contribution in [0.25, 0.3) is 0 Å². The number of carbonyl (C=O) groups excluding carboxylic acids is 1. The Balaban J connectivity index is 4.25. The average molecular weight is 241 g/mol. The minimum atomic E-state index is -0.454. The summed E-state index contributed by atoms with van der Waals surface area (Å²) in [5, 5.41) is 23.1. The number of hydrogen-bond donors (Lipinski definition) is 3. The Hall–Kier alpha value is -1.58. The van der Waals surface area contributed by atoms with Crippen molar-refractivity contribution in [3.8, 4) is 6.07 Å². The van der Waals surface area contributed by atoms with Gasteiger partial charge in [-0.3, -0.25) is 4.79 Å². The van der Waals surface area contributed by atoms with Crippen molar-refractivity contribution < 1.29 is 14.6 Å². The number of nitriles is 1. The number of ether oxygens (including phenoxy) is 1. The van der Waals surface area contributed by atoms with Crippen molar-refractivity contribution in [3.05, 3.63) is 11.8 Å². The zero-order chi connectivity index (χ0) is 13.1. The standard InChI is InChI=1S/C11H19N3O3/c1-3-10(8-15)14-7-9(6-12)11(16)13-4-5-17-2/h7,10,14-15H,3-5,8H2,1-2H3,(H,13,16)/b9-7-. The van der Waals surface area contributed by atoms with E-state index in [2.05, 4.69) is 10.6 Å². The Morgan fingerprint density at radius 2 is 2.35 bits per heavy atom. The van der Waals surface area contributed by atoms with E-state index < -0.39 is 5.91 Å². The lowest BCUT2D eigenvalue weighted by atomic mass is 10.2. The number of aliphatic hydroxyl groups excluding tert-OH is 1. The monoisotopic (exact) mass is 241 g/mol. The second-order valence-corrected chi connectivity index (χ2v) is 3.37. The number of nitrogens with zero attached hydrogens (tertiary/aromatic N) is 1. The summed E-state index contributed by atoms with van der Waals surface area (Å²) in [5.74, 6) is -0.454. The summed E-state index contributed by atoms with van der Waals surface area (Å²) in [6, 6.07) is 1.65. The SMILES string of the molecule is CCC(CO)N/C=C(/C#N)C(=O)NCCOC. The number of rotatable bonds is 8. The lowest BCUT2D eigenvalue weighted by Gasteiger charge is -2.11. The van der Waals surface area contributed by atoms with Crippen molar-refractivity contribution in [1.29, 1.82) is 5.26 Å². The minimum absolute atomic E-state index is 0.0204. The summed E-state index contributed by atoms with van der Waals surface area (Å²) in [4.78, 5) is 11.5. The summed E-state index contributed by atoms with van der Waals surface area (Å²) < 4.78 is 4.77. The Morgan fingerprint density at radius 1 is 1.65 bits per heavy atom. The third-order valence-electron chi connectivity index (χ3n) is 2.13. The molecule has 0 aliphatic carbocycles. The van der Waals surface area contributed by atoms with Gasteiger partial charge in [-0.15, -0.1) is 0 Å². The summed E-state index contributed by atoms with van der Waals surface area (Å²) in [6.07, 6.45) is 2.03. The van der Waals surface area contributed by atoms with Gasteiger partial charge in [-0.1, -0.05) is 6.92 Å². The highest BCUT2D eigenvalue weighted by Gasteiger charge is 2.09. The third kappa shape index (κ3) is 6.56. The Morgan fingerprint density at radius 3 is 2.82 bits per heavy atom. The Labute approximate surface area is 101 Å². The lowest BCUT2D eigenvalue weighted by Crippen LogP contribution is -2.31. The van der Waals surface area contributed by atoms with Crippen molar-refractivity contribution in [2.24, 2.45) is 0 Å². The minimum Gasteiger partial charge on any atom is -0.394 e. The zero-order valence-electron chi connectivity index (χ0n) is 10.2. The first-order chi connectivity index (χ1) is 8.19. The largest absolute Gasteiger partial charge is 0.394 e. The first-order valence-electron chi connectivity index (χ1n) is 5.43. The third-order valence-corrected chi connectivity index (χ3v) is 2.13. The van der Waals surface area contributed by atoms with Crippen LogP contribution in [-0.4, -0.2) is 43.9 Å². The molecule has 96 valence electrons. The maximum atomic E-state index is 11.5. The molecule has 0 saturated carbocycles. The van der Waals surface area contributed by atoms with Crippen molar-refractivity contribution in [3.63, 3.8) is 0 Å². The van der Waals surface area contributed by atoms with E-state index in [1.54, 1.807) is 6.07 Å². The van der Waals surface area contributed by atoms with Crippen molar-refractivity contribution in [1.82, 2.24) is 10.6 Å². The molecule has 6 heteroatoms. The number of amides is 1. The van der Waals surface area contributed by atoms with Crippen molar-refractivity contribution >= 4 is 5.91 Å². The number of carbonyl (C=O) groups is 1. The summed E-state index contributed by atoms with van der Waals surface area (Å²) in [6.45, 7) is 2.60. The molecule has 6 nitrogen and oxygen atoms in total. The van der Waals surface area contributed by atoms with Crippen LogP contribution in [0.4, 0.5) is 0 Å². The fourth-order valence-electron chi connectivity index (χ4n) is 1.01. The predicted molar refractivity (Wildman–Crippen MR) is 62.9 cm³/mol. The van der Waals surface area contributed by atoms with Gasteiger partial charge < -0.3 is 20.5 Å².